The number of hydrogen-bond donors (Lipinski definition) is 7. The van der Waals surface area contributed by atoms with E-state index in [1.807, 2.05) is 0 Å². The molecule has 0 spiro atoms. The first-order valence-electron chi connectivity index (χ1n) is 9.19. The van der Waals surface area contributed by atoms with Gasteiger partial charge in [0.2, 0.25) is 17.7 Å². The number of rotatable bonds is 14. The van der Waals surface area contributed by atoms with Crippen molar-refractivity contribution in [2.45, 2.75) is 63.4 Å². The maximum absolute atomic E-state index is 12.4. The Morgan fingerprint density at radius 1 is 0.933 bits per heavy atom. The molecule has 13 heteroatoms. The Kier molecular flexibility index (Phi) is 12.7. The normalized spacial score (nSPS) is 15.8. The first-order valence-corrected chi connectivity index (χ1v) is 10.6. The summed E-state index contributed by atoms with van der Waals surface area (Å²) in [6.45, 7) is 2.56. The number of carboxylic acids is 2. The molecule has 0 aliphatic heterocycles. The molecule has 0 aliphatic carbocycles. The first kappa shape index (κ1) is 27.6. The van der Waals surface area contributed by atoms with Gasteiger partial charge in [0, 0.05) is 6.42 Å². The van der Waals surface area contributed by atoms with Crippen molar-refractivity contribution in [2.75, 3.05) is 12.0 Å². The summed E-state index contributed by atoms with van der Waals surface area (Å²) in [6, 6.07) is -4.92. The first-order chi connectivity index (χ1) is 13.9. The lowest BCUT2D eigenvalue weighted by Crippen LogP contribution is -2.59. The van der Waals surface area contributed by atoms with Gasteiger partial charge in [-0.1, -0.05) is 0 Å². The highest BCUT2D eigenvalue weighted by molar-refractivity contribution is 7.98. The molecule has 0 saturated carbocycles. The summed E-state index contributed by atoms with van der Waals surface area (Å²) in [5.41, 5.74) is 5.58. The number of thioether (sulfide) groups is 1. The van der Waals surface area contributed by atoms with Gasteiger partial charge in [-0.15, -0.1) is 0 Å². The quantitative estimate of drug-likeness (QED) is 0.153. The third kappa shape index (κ3) is 10.4. The number of amides is 3. The molecule has 0 aromatic rings. The van der Waals surface area contributed by atoms with Crippen LogP contribution in [0.2, 0.25) is 0 Å². The molecule has 0 aliphatic rings. The number of nitrogens with one attached hydrogen (secondary N) is 3. The lowest BCUT2D eigenvalue weighted by molar-refractivity contribution is -0.142. The number of carbonyl (C=O) groups excluding carboxylic acids is 3. The van der Waals surface area contributed by atoms with E-state index in [2.05, 4.69) is 16.0 Å². The van der Waals surface area contributed by atoms with Crippen molar-refractivity contribution in [1.82, 2.24) is 16.0 Å². The second-order valence-electron chi connectivity index (χ2n) is 6.68. The summed E-state index contributed by atoms with van der Waals surface area (Å²) in [5, 5.41) is 34.4. The molecule has 0 bridgehead atoms. The molecule has 0 saturated heterocycles. The van der Waals surface area contributed by atoms with Crippen LogP contribution in [0.3, 0.4) is 0 Å². The van der Waals surface area contributed by atoms with E-state index < -0.39 is 59.9 Å². The zero-order chi connectivity index (χ0) is 23.4. The van der Waals surface area contributed by atoms with Crippen LogP contribution >= 0.6 is 11.8 Å². The Balaban J connectivity index is 4.92. The predicted octanol–water partition coefficient (Wildman–Crippen LogP) is -2.13. The van der Waals surface area contributed by atoms with Crippen LogP contribution in [-0.4, -0.2) is 87.3 Å². The Morgan fingerprint density at radius 2 is 1.53 bits per heavy atom. The van der Waals surface area contributed by atoms with Crippen LogP contribution in [0.25, 0.3) is 0 Å². The monoisotopic (exact) mass is 450 g/mol. The molecule has 0 aromatic carbocycles. The molecule has 5 atom stereocenters. The number of carbonyl (C=O) groups is 5. The van der Waals surface area contributed by atoms with Gasteiger partial charge in [0.05, 0.1) is 12.1 Å². The highest BCUT2D eigenvalue weighted by atomic mass is 32.2. The Hall–Kier alpha value is -2.38. The minimum absolute atomic E-state index is 0.166. The molecular weight excluding hydrogens is 420 g/mol. The van der Waals surface area contributed by atoms with Gasteiger partial charge >= 0.3 is 11.9 Å². The van der Waals surface area contributed by atoms with Crippen molar-refractivity contribution in [2.24, 2.45) is 5.73 Å². The number of aliphatic carboxylic acids is 2. The fraction of sp³-hybridized carbons (Fsp3) is 0.706. The summed E-state index contributed by atoms with van der Waals surface area (Å²) in [5.74, 6) is -4.30. The molecule has 0 rings (SSSR count). The molecule has 0 heterocycles. The average molecular weight is 451 g/mol. The zero-order valence-corrected chi connectivity index (χ0v) is 17.9. The summed E-state index contributed by atoms with van der Waals surface area (Å²) < 4.78 is 0. The van der Waals surface area contributed by atoms with Crippen molar-refractivity contribution in [3.63, 3.8) is 0 Å². The van der Waals surface area contributed by atoms with E-state index in [9.17, 15) is 29.1 Å². The average Bonchev–Trinajstić information content (AvgIpc) is 2.65. The van der Waals surface area contributed by atoms with Crippen LogP contribution in [0.4, 0.5) is 0 Å². The van der Waals surface area contributed by atoms with Crippen molar-refractivity contribution in [1.29, 1.82) is 0 Å². The molecule has 0 radical (unpaired) electrons. The van der Waals surface area contributed by atoms with E-state index in [1.165, 1.54) is 25.6 Å². The molecule has 30 heavy (non-hydrogen) atoms. The molecule has 5 unspecified atom stereocenters. The molecule has 8 N–H and O–H groups in total. The highest BCUT2D eigenvalue weighted by Gasteiger charge is 2.30. The van der Waals surface area contributed by atoms with E-state index in [0.717, 1.165) is 0 Å². The highest BCUT2D eigenvalue weighted by Crippen LogP contribution is 2.03. The molecular formula is C17H30N4O8S. The largest absolute Gasteiger partial charge is 0.481 e. The van der Waals surface area contributed by atoms with Crippen LogP contribution in [0, 0.1) is 0 Å². The predicted molar refractivity (Wildman–Crippen MR) is 109 cm³/mol. The molecule has 0 fully saturated rings. The van der Waals surface area contributed by atoms with E-state index in [4.69, 9.17) is 15.9 Å². The summed E-state index contributed by atoms with van der Waals surface area (Å²) in [7, 11) is 0. The smallest absolute Gasteiger partial charge is 0.326 e. The SMILES string of the molecule is CSCCC(NC(=O)C(C)NC(=O)C(NC(=O)C(N)CCC(=O)O)C(C)O)C(=O)O. The third-order valence-electron chi connectivity index (χ3n) is 4.05. The van der Waals surface area contributed by atoms with Crippen LogP contribution in [-0.2, 0) is 24.0 Å². The van der Waals surface area contributed by atoms with Gasteiger partial charge in [0.1, 0.15) is 18.1 Å². The fourth-order valence-electron chi connectivity index (χ4n) is 2.23. The number of aliphatic hydroxyl groups is 1. The van der Waals surface area contributed by atoms with Gasteiger partial charge in [-0.2, -0.15) is 11.8 Å². The van der Waals surface area contributed by atoms with Crippen LogP contribution in [0.5, 0.6) is 0 Å². The summed E-state index contributed by atoms with van der Waals surface area (Å²) in [4.78, 5) is 58.4. The lowest BCUT2D eigenvalue weighted by atomic mass is 10.1. The minimum atomic E-state index is -1.45. The van der Waals surface area contributed by atoms with Crippen LogP contribution in [0.15, 0.2) is 0 Å². The molecule has 172 valence electrons. The Morgan fingerprint density at radius 3 is 2.00 bits per heavy atom. The maximum Gasteiger partial charge on any atom is 0.326 e. The van der Waals surface area contributed by atoms with E-state index >= 15 is 0 Å². The lowest BCUT2D eigenvalue weighted by Gasteiger charge is -2.25. The van der Waals surface area contributed by atoms with E-state index in [1.54, 1.807) is 6.26 Å². The van der Waals surface area contributed by atoms with Gasteiger partial charge in [-0.05, 0) is 38.7 Å². The van der Waals surface area contributed by atoms with E-state index in [0.29, 0.717) is 5.75 Å². The molecule has 0 aromatic heterocycles. The number of nitrogens with two attached hydrogens (primary N) is 1. The Labute approximate surface area is 178 Å². The van der Waals surface area contributed by atoms with Gasteiger partial charge in [-0.25, -0.2) is 4.79 Å². The topological polar surface area (TPSA) is 208 Å². The van der Waals surface area contributed by atoms with Crippen molar-refractivity contribution in [3.05, 3.63) is 0 Å². The van der Waals surface area contributed by atoms with Gasteiger partial charge < -0.3 is 37.0 Å². The van der Waals surface area contributed by atoms with Crippen LogP contribution < -0.4 is 21.7 Å². The minimum Gasteiger partial charge on any atom is -0.481 e. The third-order valence-corrected chi connectivity index (χ3v) is 4.69. The Bertz CT molecular complexity index is 631. The summed E-state index contributed by atoms with van der Waals surface area (Å²) >= 11 is 1.42. The van der Waals surface area contributed by atoms with Crippen molar-refractivity contribution >= 4 is 41.4 Å². The number of carboxylic acid groups (broad SMARTS) is 2. The van der Waals surface area contributed by atoms with Crippen molar-refractivity contribution < 1.29 is 39.3 Å². The molecule has 3 amide bonds. The maximum atomic E-state index is 12.4. The van der Waals surface area contributed by atoms with Gasteiger partial charge in [-0.3, -0.25) is 19.2 Å². The second kappa shape index (κ2) is 13.8. The van der Waals surface area contributed by atoms with Crippen LogP contribution in [0.1, 0.15) is 33.1 Å². The van der Waals surface area contributed by atoms with Gasteiger partial charge in [0.25, 0.3) is 0 Å². The second-order valence-corrected chi connectivity index (χ2v) is 7.66. The molecule has 12 nitrogen and oxygen atoms in total. The fourth-order valence-corrected chi connectivity index (χ4v) is 2.71. The summed E-state index contributed by atoms with van der Waals surface area (Å²) in [6.07, 6.45) is 0.133. The van der Waals surface area contributed by atoms with Crippen molar-refractivity contribution in [3.8, 4) is 0 Å². The number of aliphatic hydroxyl groups excluding tert-OH is 1. The standard InChI is InChI=1S/C17H30N4O8S/c1-8(14(25)20-11(17(28)29)6-7-30-3)19-16(27)13(9(2)22)21-15(26)10(18)4-5-12(23)24/h8-11,13,22H,4-7,18H2,1-3H3,(H,19,27)(H,20,25)(H,21,26)(H,23,24)(H,28,29). The van der Waals surface area contributed by atoms with Gasteiger partial charge in [0.15, 0.2) is 0 Å². The number of hydrogen-bond acceptors (Lipinski definition) is 8. The zero-order valence-electron chi connectivity index (χ0n) is 17.1. The van der Waals surface area contributed by atoms with E-state index in [-0.39, 0.29) is 19.3 Å².